The average Bonchev–Trinajstić information content (AvgIpc) is 2.31. The second-order valence-corrected chi connectivity index (χ2v) is 4.99. The smallest absolute Gasteiger partial charge is 0.171 e. The summed E-state index contributed by atoms with van der Waals surface area (Å²) in [5.41, 5.74) is 0.970. The molecule has 1 unspecified atom stereocenters. The van der Waals surface area contributed by atoms with Crippen molar-refractivity contribution in [1.29, 1.82) is 0 Å². The first-order chi connectivity index (χ1) is 8.15. The number of nitrogens with one attached hydrogen (secondary N) is 2. The highest BCUT2D eigenvalue weighted by molar-refractivity contribution is 9.10. The molecule has 0 fully saturated rings. The first kappa shape index (κ1) is 14.4. The van der Waals surface area contributed by atoms with Crippen molar-refractivity contribution in [2.24, 2.45) is 0 Å². The van der Waals surface area contributed by atoms with E-state index in [4.69, 9.17) is 17.0 Å². The molecule has 1 aromatic carbocycles. The Morgan fingerprint density at radius 2 is 2.06 bits per heavy atom. The number of hydrogen-bond donors (Lipinski definition) is 2. The third-order valence-electron chi connectivity index (χ3n) is 2.30. The minimum atomic E-state index is 0.246. The highest BCUT2D eigenvalue weighted by Gasteiger charge is 2.07. The van der Waals surface area contributed by atoms with E-state index in [-0.39, 0.29) is 6.04 Å². The average molecular weight is 317 g/mol. The Morgan fingerprint density at radius 1 is 1.41 bits per heavy atom. The first-order valence-electron chi connectivity index (χ1n) is 5.47. The van der Waals surface area contributed by atoms with E-state index in [2.05, 4.69) is 33.5 Å². The lowest BCUT2D eigenvalue weighted by Gasteiger charge is -2.18. The SMILES string of the molecule is CCC(COC)NC(=S)Nc1ccc(Br)cc1. The maximum Gasteiger partial charge on any atom is 0.171 e. The molecule has 1 rings (SSSR count). The molecule has 0 aliphatic carbocycles. The normalized spacial score (nSPS) is 11.9. The minimum Gasteiger partial charge on any atom is -0.383 e. The van der Waals surface area contributed by atoms with E-state index < -0.39 is 0 Å². The first-order valence-corrected chi connectivity index (χ1v) is 6.67. The molecule has 1 atom stereocenters. The zero-order chi connectivity index (χ0) is 12.7. The molecule has 94 valence electrons. The maximum absolute atomic E-state index is 5.24. The van der Waals surface area contributed by atoms with Crippen molar-refractivity contribution in [2.45, 2.75) is 19.4 Å². The molecule has 1 aromatic rings. The summed E-state index contributed by atoms with van der Waals surface area (Å²) in [5.74, 6) is 0. The number of methoxy groups -OCH3 is 1. The Hall–Kier alpha value is -0.650. The van der Waals surface area contributed by atoms with Crippen molar-refractivity contribution in [1.82, 2.24) is 5.32 Å². The molecule has 0 saturated carbocycles. The van der Waals surface area contributed by atoms with E-state index >= 15 is 0 Å². The van der Waals surface area contributed by atoms with Crippen LogP contribution in [0.1, 0.15) is 13.3 Å². The van der Waals surface area contributed by atoms with Gasteiger partial charge < -0.3 is 15.4 Å². The van der Waals surface area contributed by atoms with Crippen molar-refractivity contribution in [3.05, 3.63) is 28.7 Å². The molecule has 17 heavy (non-hydrogen) atoms. The summed E-state index contributed by atoms with van der Waals surface area (Å²) in [7, 11) is 1.69. The summed E-state index contributed by atoms with van der Waals surface area (Å²) in [6.07, 6.45) is 0.968. The van der Waals surface area contributed by atoms with E-state index in [1.165, 1.54) is 0 Å². The van der Waals surface area contributed by atoms with Crippen molar-refractivity contribution in [2.75, 3.05) is 19.0 Å². The van der Waals surface area contributed by atoms with E-state index in [9.17, 15) is 0 Å². The molecule has 2 N–H and O–H groups in total. The quantitative estimate of drug-likeness (QED) is 0.818. The van der Waals surface area contributed by atoms with Crippen LogP contribution in [-0.4, -0.2) is 24.9 Å². The van der Waals surface area contributed by atoms with Gasteiger partial charge in [-0.15, -0.1) is 0 Å². The number of ether oxygens (including phenoxy) is 1. The van der Waals surface area contributed by atoms with Crippen LogP contribution in [0.2, 0.25) is 0 Å². The fraction of sp³-hybridized carbons (Fsp3) is 0.417. The molecule has 3 nitrogen and oxygen atoms in total. The van der Waals surface area contributed by atoms with Gasteiger partial charge in [-0.05, 0) is 42.9 Å². The second kappa shape index (κ2) is 7.63. The molecular weight excluding hydrogens is 300 g/mol. The topological polar surface area (TPSA) is 33.3 Å². The highest BCUT2D eigenvalue weighted by Crippen LogP contribution is 2.13. The van der Waals surface area contributed by atoms with Crippen LogP contribution in [0.3, 0.4) is 0 Å². The molecule has 0 aliphatic rings. The van der Waals surface area contributed by atoms with Crippen LogP contribution in [0.25, 0.3) is 0 Å². The van der Waals surface area contributed by atoms with Gasteiger partial charge in [-0.3, -0.25) is 0 Å². The van der Waals surface area contributed by atoms with Gasteiger partial charge in [0.2, 0.25) is 0 Å². The fourth-order valence-electron chi connectivity index (χ4n) is 1.35. The maximum atomic E-state index is 5.24. The Bertz CT molecular complexity index is 356. The monoisotopic (exact) mass is 316 g/mol. The standard InChI is InChI=1S/C12H17BrN2OS/c1-3-10(8-16-2)14-12(17)15-11-6-4-9(13)5-7-11/h4-7,10H,3,8H2,1-2H3,(H2,14,15,17). The Balaban J connectivity index is 2.46. The predicted octanol–water partition coefficient (Wildman–Crippen LogP) is 3.16. The molecule has 0 spiro atoms. The molecule has 0 saturated heterocycles. The molecule has 0 aliphatic heterocycles. The van der Waals surface area contributed by atoms with Crippen LogP contribution < -0.4 is 10.6 Å². The molecular formula is C12H17BrN2OS. The number of thiocarbonyl (C=S) groups is 1. The highest BCUT2D eigenvalue weighted by atomic mass is 79.9. The zero-order valence-corrected chi connectivity index (χ0v) is 12.4. The van der Waals surface area contributed by atoms with Crippen LogP contribution in [0.15, 0.2) is 28.7 Å². The Labute approximate surface area is 116 Å². The third kappa shape index (κ3) is 5.48. The van der Waals surface area contributed by atoms with Crippen molar-refractivity contribution < 1.29 is 4.74 Å². The van der Waals surface area contributed by atoms with E-state index in [0.717, 1.165) is 16.6 Å². The van der Waals surface area contributed by atoms with Gasteiger partial charge in [0.25, 0.3) is 0 Å². The van der Waals surface area contributed by atoms with Crippen LogP contribution in [-0.2, 0) is 4.74 Å². The van der Waals surface area contributed by atoms with Crippen LogP contribution in [0, 0.1) is 0 Å². The lowest BCUT2D eigenvalue weighted by molar-refractivity contribution is 0.172. The molecule has 0 radical (unpaired) electrons. The van der Waals surface area contributed by atoms with Gasteiger partial charge in [-0.1, -0.05) is 22.9 Å². The van der Waals surface area contributed by atoms with Gasteiger partial charge in [0.1, 0.15) is 0 Å². The van der Waals surface area contributed by atoms with Crippen LogP contribution in [0.5, 0.6) is 0 Å². The molecule has 0 bridgehead atoms. The number of hydrogen-bond acceptors (Lipinski definition) is 2. The van der Waals surface area contributed by atoms with Crippen LogP contribution >= 0.6 is 28.1 Å². The molecule has 0 aromatic heterocycles. The van der Waals surface area contributed by atoms with E-state index in [1.54, 1.807) is 7.11 Å². The van der Waals surface area contributed by atoms with Crippen molar-refractivity contribution >= 4 is 38.9 Å². The molecule has 0 heterocycles. The van der Waals surface area contributed by atoms with Crippen LogP contribution in [0.4, 0.5) is 5.69 Å². The number of benzene rings is 1. The number of anilines is 1. The summed E-state index contributed by atoms with van der Waals surface area (Å²) in [6, 6.07) is 8.12. The van der Waals surface area contributed by atoms with Crippen molar-refractivity contribution in [3.8, 4) is 0 Å². The second-order valence-electron chi connectivity index (χ2n) is 3.67. The fourth-order valence-corrected chi connectivity index (χ4v) is 1.90. The molecule has 0 amide bonds. The largest absolute Gasteiger partial charge is 0.383 e. The lowest BCUT2D eigenvalue weighted by atomic mass is 10.2. The summed E-state index contributed by atoms with van der Waals surface area (Å²) in [6.45, 7) is 2.75. The Kier molecular flexibility index (Phi) is 6.47. The van der Waals surface area contributed by atoms with E-state index in [0.29, 0.717) is 11.7 Å². The summed E-state index contributed by atoms with van der Waals surface area (Å²) in [4.78, 5) is 0. The van der Waals surface area contributed by atoms with Crippen molar-refractivity contribution in [3.63, 3.8) is 0 Å². The van der Waals surface area contributed by atoms with Gasteiger partial charge >= 0.3 is 0 Å². The Morgan fingerprint density at radius 3 is 2.59 bits per heavy atom. The van der Waals surface area contributed by atoms with Gasteiger partial charge in [-0.2, -0.15) is 0 Å². The predicted molar refractivity (Wildman–Crippen MR) is 79.5 cm³/mol. The lowest BCUT2D eigenvalue weighted by Crippen LogP contribution is -2.40. The molecule has 5 heteroatoms. The summed E-state index contributed by atoms with van der Waals surface area (Å²) < 4.78 is 6.15. The van der Waals surface area contributed by atoms with Gasteiger partial charge in [-0.25, -0.2) is 0 Å². The van der Waals surface area contributed by atoms with Gasteiger partial charge in [0.05, 0.1) is 12.6 Å². The summed E-state index contributed by atoms with van der Waals surface area (Å²) >= 11 is 8.63. The number of rotatable bonds is 5. The minimum absolute atomic E-state index is 0.246. The zero-order valence-electron chi connectivity index (χ0n) is 10.00. The van der Waals surface area contributed by atoms with E-state index in [1.807, 2.05) is 24.3 Å². The summed E-state index contributed by atoms with van der Waals surface area (Å²) in [5, 5.41) is 6.97. The van der Waals surface area contributed by atoms with Gasteiger partial charge in [0.15, 0.2) is 5.11 Å². The third-order valence-corrected chi connectivity index (χ3v) is 3.05. The van der Waals surface area contributed by atoms with Gasteiger partial charge in [0, 0.05) is 17.3 Å². The number of halogens is 1.